The van der Waals surface area contributed by atoms with Crippen molar-refractivity contribution < 1.29 is 28.6 Å². The molecule has 0 saturated heterocycles. The summed E-state index contributed by atoms with van der Waals surface area (Å²) in [6, 6.07) is 0. The third-order valence-electron chi connectivity index (χ3n) is 13.9. The van der Waals surface area contributed by atoms with E-state index >= 15 is 0 Å². The number of carbonyl (C=O) groups excluding carboxylic acids is 3. The molecule has 0 saturated carbocycles. The lowest BCUT2D eigenvalue weighted by Crippen LogP contribution is -2.30. The largest absolute Gasteiger partial charge is 0.462 e. The van der Waals surface area contributed by atoms with Gasteiger partial charge in [0.05, 0.1) is 0 Å². The van der Waals surface area contributed by atoms with E-state index in [0.717, 1.165) is 141 Å². The van der Waals surface area contributed by atoms with Crippen molar-refractivity contribution in [1.29, 1.82) is 0 Å². The maximum Gasteiger partial charge on any atom is 0.306 e. The molecule has 1 unspecified atom stereocenters. The van der Waals surface area contributed by atoms with Crippen LogP contribution in [-0.2, 0) is 28.6 Å². The van der Waals surface area contributed by atoms with E-state index in [2.05, 4.69) is 154 Å². The van der Waals surface area contributed by atoms with E-state index in [0.29, 0.717) is 19.3 Å². The average molecular weight is 1110 g/mol. The number of allylic oxidation sites excluding steroid dienone is 22. The third kappa shape index (κ3) is 64.4. The van der Waals surface area contributed by atoms with Crippen LogP contribution in [0.2, 0.25) is 0 Å². The van der Waals surface area contributed by atoms with Crippen molar-refractivity contribution >= 4 is 17.9 Å². The van der Waals surface area contributed by atoms with Gasteiger partial charge in [0, 0.05) is 19.3 Å². The average Bonchev–Trinajstić information content (AvgIpc) is 3.46. The number of rotatable bonds is 59. The Balaban J connectivity index is 4.26. The molecule has 6 nitrogen and oxygen atoms in total. The number of carbonyl (C=O) groups is 3. The lowest BCUT2D eigenvalue weighted by molar-refractivity contribution is -0.167. The number of ether oxygens (including phenoxy) is 3. The van der Waals surface area contributed by atoms with Crippen LogP contribution in [0, 0.1) is 0 Å². The Morgan fingerprint density at radius 3 is 0.787 bits per heavy atom. The van der Waals surface area contributed by atoms with Gasteiger partial charge in [-0.25, -0.2) is 0 Å². The third-order valence-corrected chi connectivity index (χ3v) is 13.9. The van der Waals surface area contributed by atoms with Gasteiger partial charge in [-0.1, -0.05) is 289 Å². The Bertz CT molecular complexity index is 1700. The molecule has 0 aliphatic rings. The molecule has 0 aliphatic heterocycles. The molecule has 0 fully saturated rings. The SMILES string of the molecule is CC/C=C\C/C=C\C/C=C\C/C=C\C/C=C\C/C=C\C/C=C\C/C=C\CCCCCCCCCCC(=O)OCC(COC(=O)CCCCCCCCCCCC)OC(=O)CCCCCCCC/C=C\C/C=C\C/C=C\CCCCC. The highest BCUT2D eigenvalue weighted by Gasteiger charge is 2.19. The molecule has 0 heterocycles. The van der Waals surface area contributed by atoms with Crippen molar-refractivity contribution in [3.05, 3.63) is 134 Å². The number of hydrogen-bond acceptors (Lipinski definition) is 6. The minimum absolute atomic E-state index is 0.0865. The molecule has 0 aromatic rings. The molecular formula is C74H122O6. The molecule has 6 heteroatoms. The lowest BCUT2D eigenvalue weighted by atomic mass is 10.1. The molecule has 0 bridgehead atoms. The fourth-order valence-electron chi connectivity index (χ4n) is 8.94. The van der Waals surface area contributed by atoms with E-state index in [1.165, 1.54) is 116 Å². The van der Waals surface area contributed by atoms with Crippen LogP contribution in [0.4, 0.5) is 0 Å². The van der Waals surface area contributed by atoms with Crippen molar-refractivity contribution in [2.75, 3.05) is 13.2 Å². The van der Waals surface area contributed by atoms with Crippen molar-refractivity contribution in [1.82, 2.24) is 0 Å². The zero-order valence-electron chi connectivity index (χ0n) is 52.0. The summed E-state index contributed by atoms with van der Waals surface area (Å²) in [6.07, 6.45) is 94.6. The van der Waals surface area contributed by atoms with Gasteiger partial charge in [0.2, 0.25) is 0 Å². The van der Waals surface area contributed by atoms with E-state index < -0.39 is 6.10 Å². The van der Waals surface area contributed by atoms with Crippen LogP contribution in [0.5, 0.6) is 0 Å². The van der Waals surface area contributed by atoms with Gasteiger partial charge in [0.25, 0.3) is 0 Å². The van der Waals surface area contributed by atoms with Gasteiger partial charge in [-0.2, -0.15) is 0 Å². The number of esters is 3. The second kappa shape index (κ2) is 67.1. The van der Waals surface area contributed by atoms with Gasteiger partial charge in [0.1, 0.15) is 13.2 Å². The fraction of sp³-hybridized carbons (Fsp3) is 0.662. The fourth-order valence-corrected chi connectivity index (χ4v) is 8.94. The lowest BCUT2D eigenvalue weighted by Gasteiger charge is -2.18. The Labute approximate surface area is 494 Å². The summed E-state index contributed by atoms with van der Waals surface area (Å²) in [6.45, 7) is 6.48. The van der Waals surface area contributed by atoms with Gasteiger partial charge < -0.3 is 14.2 Å². The van der Waals surface area contributed by atoms with E-state index in [-0.39, 0.29) is 31.1 Å². The highest BCUT2D eigenvalue weighted by Crippen LogP contribution is 2.15. The second-order valence-corrected chi connectivity index (χ2v) is 21.6. The maximum absolute atomic E-state index is 12.9. The first-order chi connectivity index (χ1) is 39.5. The van der Waals surface area contributed by atoms with Crippen molar-refractivity contribution in [3.8, 4) is 0 Å². The van der Waals surface area contributed by atoms with E-state index in [9.17, 15) is 14.4 Å². The molecule has 0 spiro atoms. The molecule has 454 valence electrons. The Morgan fingerprint density at radius 1 is 0.263 bits per heavy atom. The van der Waals surface area contributed by atoms with Gasteiger partial charge >= 0.3 is 17.9 Å². The molecule has 0 N–H and O–H groups in total. The zero-order valence-corrected chi connectivity index (χ0v) is 52.0. The quantitative estimate of drug-likeness (QED) is 0.0261. The van der Waals surface area contributed by atoms with E-state index in [4.69, 9.17) is 14.2 Å². The van der Waals surface area contributed by atoms with Crippen LogP contribution in [0.1, 0.15) is 297 Å². The minimum atomic E-state index is -0.791. The second-order valence-electron chi connectivity index (χ2n) is 21.6. The molecular weight excluding hydrogens is 985 g/mol. The smallest absolute Gasteiger partial charge is 0.306 e. The van der Waals surface area contributed by atoms with Crippen molar-refractivity contribution in [2.24, 2.45) is 0 Å². The molecule has 1 atom stereocenters. The van der Waals surface area contributed by atoms with E-state index in [1.54, 1.807) is 0 Å². The van der Waals surface area contributed by atoms with Gasteiger partial charge in [-0.05, 0) is 122 Å². The van der Waals surface area contributed by atoms with Crippen LogP contribution in [-0.4, -0.2) is 37.2 Å². The molecule has 0 aromatic carbocycles. The first-order valence-electron chi connectivity index (χ1n) is 33.2. The van der Waals surface area contributed by atoms with Crippen LogP contribution in [0.15, 0.2) is 134 Å². The number of unbranched alkanes of at least 4 members (excludes halogenated alkanes) is 26. The maximum atomic E-state index is 12.9. The topological polar surface area (TPSA) is 78.9 Å². The molecule has 80 heavy (non-hydrogen) atoms. The highest BCUT2D eigenvalue weighted by molar-refractivity contribution is 5.71. The summed E-state index contributed by atoms with van der Waals surface area (Å²) < 4.78 is 16.9. The monoisotopic (exact) mass is 1110 g/mol. The highest BCUT2D eigenvalue weighted by atomic mass is 16.6. The summed E-state index contributed by atoms with van der Waals surface area (Å²) in [5.41, 5.74) is 0. The van der Waals surface area contributed by atoms with E-state index in [1.807, 2.05) is 0 Å². The van der Waals surface area contributed by atoms with Crippen molar-refractivity contribution in [3.63, 3.8) is 0 Å². The molecule has 0 amide bonds. The molecule has 0 aromatic heterocycles. The standard InChI is InChI=1S/C74H122O6/c1-4-7-10-13-16-19-22-24-26-28-30-31-32-33-34-35-36-37-38-39-40-41-42-43-45-46-48-50-52-55-58-61-64-67-73(76)79-70-71(69-78-72(75)66-63-60-57-54-21-18-15-12-9-6-3)80-74(77)68-65-62-59-56-53-51-49-47-44-29-27-25-23-20-17-14-11-8-5-2/h7,10,16-17,19-20,24-27,30-31,33-34,36-37,39-40,42-44,47,71H,4-6,8-9,11-15,18,21-23,28-29,32,35,38,41,45-46,48-70H2,1-3H3/b10-7-,19-16-,20-17-,26-24-,27-25-,31-30-,34-33-,37-36-,40-39-,43-42-,47-44-. The van der Waals surface area contributed by atoms with Crippen molar-refractivity contribution in [2.45, 2.75) is 303 Å². The first-order valence-corrected chi connectivity index (χ1v) is 33.2. The first kappa shape index (κ1) is 75.5. The minimum Gasteiger partial charge on any atom is -0.462 e. The predicted octanol–water partition coefficient (Wildman–Crippen LogP) is 22.9. The Hall–Kier alpha value is -4.45. The summed E-state index contributed by atoms with van der Waals surface area (Å²) in [4.78, 5) is 38.2. The Morgan fingerprint density at radius 2 is 0.487 bits per heavy atom. The Kier molecular flexibility index (Phi) is 63.3. The summed E-state index contributed by atoms with van der Waals surface area (Å²) in [7, 11) is 0. The number of hydrogen-bond donors (Lipinski definition) is 0. The van der Waals surface area contributed by atoms with Crippen LogP contribution >= 0.6 is 0 Å². The van der Waals surface area contributed by atoms with Crippen LogP contribution < -0.4 is 0 Å². The van der Waals surface area contributed by atoms with Gasteiger partial charge in [0.15, 0.2) is 6.10 Å². The van der Waals surface area contributed by atoms with Crippen LogP contribution in [0.25, 0.3) is 0 Å². The normalized spacial score (nSPS) is 13.0. The summed E-state index contributed by atoms with van der Waals surface area (Å²) in [5, 5.41) is 0. The zero-order chi connectivity index (χ0) is 57.8. The summed E-state index contributed by atoms with van der Waals surface area (Å²) in [5.74, 6) is -0.906. The predicted molar refractivity (Wildman–Crippen MR) is 348 cm³/mol. The van der Waals surface area contributed by atoms with Gasteiger partial charge in [-0.3, -0.25) is 14.4 Å². The molecule has 0 aliphatic carbocycles. The molecule has 0 radical (unpaired) electrons. The van der Waals surface area contributed by atoms with Crippen LogP contribution in [0.3, 0.4) is 0 Å². The molecule has 0 rings (SSSR count). The van der Waals surface area contributed by atoms with Gasteiger partial charge in [-0.15, -0.1) is 0 Å². The summed E-state index contributed by atoms with van der Waals surface area (Å²) >= 11 is 0.